The topological polar surface area (TPSA) is 78.9 Å². The molecule has 0 amide bonds. The zero-order valence-corrected chi connectivity index (χ0v) is 9.55. The Morgan fingerprint density at radius 1 is 1.29 bits per heavy atom. The first-order valence-electron chi connectivity index (χ1n) is 4.86. The summed E-state index contributed by atoms with van der Waals surface area (Å²) in [6.45, 7) is -0.0732. The first-order valence-corrected chi connectivity index (χ1v) is 6.43. The fourth-order valence-corrected chi connectivity index (χ4v) is 2.42. The third kappa shape index (κ3) is 3.35. The van der Waals surface area contributed by atoms with Gasteiger partial charge >= 0.3 is 16.3 Å². The van der Waals surface area contributed by atoms with Gasteiger partial charge in [0.2, 0.25) is 0 Å². The molecule has 0 aromatic heterocycles. The van der Waals surface area contributed by atoms with Crippen molar-refractivity contribution in [1.29, 1.82) is 0 Å². The lowest BCUT2D eigenvalue weighted by atomic mass is 10.3. The number of hydrogen-bond acceptors (Lipinski definition) is 6. The maximum atomic E-state index is 11.6. The summed E-state index contributed by atoms with van der Waals surface area (Å²) < 4.78 is 37.1. The van der Waals surface area contributed by atoms with Gasteiger partial charge in [-0.3, -0.25) is 0 Å². The molecule has 0 spiro atoms. The van der Waals surface area contributed by atoms with Gasteiger partial charge in [-0.25, -0.2) is 4.79 Å². The van der Waals surface area contributed by atoms with E-state index in [2.05, 4.69) is 9.47 Å². The van der Waals surface area contributed by atoms with Crippen molar-refractivity contribution in [2.24, 2.45) is 0 Å². The van der Waals surface area contributed by atoms with Crippen molar-refractivity contribution in [3.05, 3.63) is 30.3 Å². The van der Waals surface area contributed by atoms with E-state index >= 15 is 0 Å². The minimum atomic E-state index is -3.80. The average Bonchev–Trinajstić information content (AvgIpc) is 2.63. The minimum Gasteiger partial charge on any atom is -0.430 e. The molecule has 0 saturated carbocycles. The van der Waals surface area contributed by atoms with Gasteiger partial charge in [0.15, 0.2) is 6.10 Å². The molecule has 1 fully saturated rings. The van der Waals surface area contributed by atoms with Crippen molar-refractivity contribution in [1.82, 2.24) is 0 Å². The van der Waals surface area contributed by atoms with Crippen molar-refractivity contribution in [3.63, 3.8) is 0 Å². The van der Waals surface area contributed by atoms with Gasteiger partial charge in [-0.2, -0.15) is 8.42 Å². The second kappa shape index (κ2) is 4.62. The number of carbonyl (C=O) groups excluding carboxylic acids is 1. The predicted octanol–water partition coefficient (Wildman–Crippen LogP) is 0.931. The Bertz CT molecular complexity index is 495. The molecule has 0 bridgehead atoms. The predicted molar refractivity (Wildman–Crippen MR) is 57.1 cm³/mol. The number of carbonyl (C=O) groups is 1. The molecule has 0 radical (unpaired) electrons. The standard InChI is InChI=1S/C10H10O6S/c11-10-14-6-9(15-10)7-17(12,13)16-8-4-2-1-3-5-8/h1-5,9H,6-7H2. The third-order valence-electron chi connectivity index (χ3n) is 2.01. The van der Waals surface area contributed by atoms with E-state index in [1.165, 1.54) is 12.1 Å². The summed E-state index contributed by atoms with van der Waals surface area (Å²) in [5.74, 6) is -0.203. The fourth-order valence-electron chi connectivity index (χ4n) is 1.33. The first kappa shape index (κ1) is 11.7. The Morgan fingerprint density at radius 3 is 2.59 bits per heavy atom. The molecule has 1 aromatic carbocycles. The molecular formula is C10H10O6S. The summed E-state index contributed by atoms with van der Waals surface area (Å²) in [6.07, 6.45) is -1.67. The SMILES string of the molecule is O=C1OCC(CS(=O)(=O)Oc2ccccc2)O1. The van der Waals surface area contributed by atoms with E-state index < -0.39 is 28.1 Å². The molecule has 0 aliphatic carbocycles. The highest BCUT2D eigenvalue weighted by Gasteiger charge is 2.31. The fraction of sp³-hybridized carbons (Fsp3) is 0.300. The van der Waals surface area contributed by atoms with Crippen LogP contribution in [0.3, 0.4) is 0 Å². The zero-order valence-electron chi connectivity index (χ0n) is 8.74. The van der Waals surface area contributed by atoms with Gasteiger partial charge in [-0.15, -0.1) is 0 Å². The number of para-hydroxylation sites is 1. The van der Waals surface area contributed by atoms with E-state index in [0.29, 0.717) is 0 Å². The Labute approximate surface area is 98.2 Å². The lowest BCUT2D eigenvalue weighted by molar-refractivity contribution is 0.122. The number of rotatable bonds is 4. The Kier molecular flexibility index (Phi) is 3.19. The maximum Gasteiger partial charge on any atom is 0.508 e. The molecule has 1 aliphatic heterocycles. The zero-order chi connectivity index (χ0) is 12.3. The van der Waals surface area contributed by atoms with Crippen LogP contribution >= 0.6 is 0 Å². The van der Waals surface area contributed by atoms with Crippen LogP contribution in [0.4, 0.5) is 4.79 Å². The van der Waals surface area contributed by atoms with Crippen molar-refractivity contribution >= 4 is 16.3 Å². The molecule has 1 aromatic rings. The quantitative estimate of drug-likeness (QED) is 0.590. The number of cyclic esters (lactones) is 2. The van der Waals surface area contributed by atoms with Crippen LogP contribution < -0.4 is 4.18 Å². The number of benzene rings is 1. The molecule has 6 nitrogen and oxygen atoms in total. The second-order valence-electron chi connectivity index (χ2n) is 3.42. The molecule has 1 saturated heterocycles. The summed E-state index contributed by atoms with van der Waals surface area (Å²) in [4.78, 5) is 10.6. The summed E-state index contributed by atoms with van der Waals surface area (Å²) in [5.41, 5.74) is 0. The Balaban J connectivity index is 1.98. The molecule has 17 heavy (non-hydrogen) atoms. The molecule has 1 atom stereocenters. The smallest absolute Gasteiger partial charge is 0.430 e. The van der Waals surface area contributed by atoms with Gasteiger partial charge in [0, 0.05) is 0 Å². The second-order valence-corrected chi connectivity index (χ2v) is 5.04. The Hall–Kier alpha value is -1.76. The van der Waals surface area contributed by atoms with E-state index in [1.54, 1.807) is 18.2 Å². The first-order chi connectivity index (χ1) is 8.05. The lowest BCUT2D eigenvalue weighted by Gasteiger charge is -2.08. The van der Waals surface area contributed by atoms with Gasteiger partial charge < -0.3 is 13.7 Å². The Morgan fingerprint density at radius 2 is 2.00 bits per heavy atom. The molecule has 1 heterocycles. The largest absolute Gasteiger partial charge is 0.508 e. The minimum absolute atomic E-state index is 0.0732. The summed E-state index contributed by atoms with van der Waals surface area (Å²) >= 11 is 0. The van der Waals surface area contributed by atoms with Crippen molar-refractivity contribution in [3.8, 4) is 5.75 Å². The van der Waals surface area contributed by atoms with Crippen LogP contribution in [0, 0.1) is 0 Å². The highest BCUT2D eigenvalue weighted by Crippen LogP contribution is 2.14. The van der Waals surface area contributed by atoms with E-state index in [0.717, 1.165) is 0 Å². The van der Waals surface area contributed by atoms with Crippen molar-refractivity contribution in [2.45, 2.75) is 6.10 Å². The van der Waals surface area contributed by atoms with E-state index in [9.17, 15) is 13.2 Å². The van der Waals surface area contributed by atoms with Crippen molar-refractivity contribution in [2.75, 3.05) is 12.4 Å². The van der Waals surface area contributed by atoms with E-state index in [4.69, 9.17) is 4.18 Å². The molecule has 1 unspecified atom stereocenters. The summed E-state index contributed by atoms with van der Waals surface area (Å²) in [5, 5.41) is 0. The number of ether oxygens (including phenoxy) is 2. The average molecular weight is 258 g/mol. The van der Waals surface area contributed by atoms with Gasteiger partial charge in [0.25, 0.3) is 0 Å². The molecular weight excluding hydrogens is 248 g/mol. The van der Waals surface area contributed by atoms with Gasteiger partial charge in [-0.05, 0) is 12.1 Å². The summed E-state index contributed by atoms with van der Waals surface area (Å²) in [6, 6.07) is 8.10. The van der Waals surface area contributed by atoms with Gasteiger partial charge in [-0.1, -0.05) is 18.2 Å². The molecule has 7 heteroatoms. The molecule has 2 rings (SSSR count). The molecule has 1 aliphatic rings. The van der Waals surface area contributed by atoms with Crippen molar-refractivity contribution < 1.29 is 26.9 Å². The molecule has 0 N–H and O–H groups in total. The summed E-state index contributed by atoms with van der Waals surface area (Å²) in [7, 11) is -3.80. The highest BCUT2D eigenvalue weighted by atomic mass is 32.2. The van der Waals surface area contributed by atoms with E-state index in [1.807, 2.05) is 0 Å². The van der Waals surface area contributed by atoms with Gasteiger partial charge in [0.1, 0.15) is 18.1 Å². The van der Waals surface area contributed by atoms with Crippen LogP contribution in [-0.4, -0.2) is 33.0 Å². The molecule has 92 valence electrons. The number of hydrogen-bond donors (Lipinski definition) is 0. The van der Waals surface area contributed by atoms with Gasteiger partial charge in [0.05, 0.1) is 0 Å². The van der Waals surface area contributed by atoms with Crippen LogP contribution in [0.2, 0.25) is 0 Å². The van der Waals surface area contributed by atoms with Crippen LogP contribution in [0.25, 0.3) is 0 Å². The normalized spacial score (nSPS) is 19.5. The van der Waals surface area contributed by atoms with Crippen LogP contribution in [0.5, 0.6) is 5.75 Å². The monoisotopic (exact) mass is 258 g/mol. The highest BCUT2D eigenvalue weighted by molar-refractivity contribution is 7.87. The van der Waals surface area contributed by atoms with Crippen LogP contribution in [0.1, 0.15) is 0 Å². The maximum absolute atomic E-state index is 11.6. The third-order valence-corrected chi connectivity index (χ3v) is 3.23. The van der Waals surface area contributed by atoms with Crippen LogP contribution in [-0.2, 0) is 19.6 Å². The van der Waals surface area contributed by atoms with E-state index in [-0.39, 0.29) is 12.4 Å². The van der Waals surface area contributed by atoms with Crippen LogP contribution in [0.15, 0.2) is 30.3 Å². The lowest BCUT2D eigenvalue weighted by Crippen LogP contribution is -2.26.